The Labute approximate surface area is 234 Å². The van der Waals surface area contributed by atoms with Gasteiger partial charge in [-0.15, -0.1) is 0 Å². The summed E-state index contributed by atoms with van der Waals surface area (Å²) >= 11 is 12.9. The van der Waals surface area contributed by atoms with Crippen LogP contribution >= 0.6 is 23.2 Å². The molecule has 0 spiro atoms. The van der Waals surface area contributed by atoms with Gasteiger partial charge in [0.15, 0.2) is 0 Å². The Kier molecular flexibility index (Phi) is 6.99. The molecule has 3 fully saturated rings. The minimum absolute atomic E-state index is 0.0141. The van der Waals surface area contributed by atoms with Crippen molar-refractivity contribution in [3.8, 4) is 11.3 Å². The number of carboxylic acid groups (broad SMARTS) is 1. The number of carbonyl (C=O) groups is 2. The van der Waals surface area contributed by atoms with E-state index in [0.29, 0.717) is 46.7 Å². The lowest BCUT2D eigenvalue weighted by molar-refractivity contribution is -0.0158. The zero-order valence-electron chi connectivity index (χ0n) is 20.8. The Bertz CT molecular complexity index is 1410. The highest BCUT2D eigenvalue weighted by Gasteiger charge is 2.44. The number of anilines is 1. The minimum Gasteiger partial charge on any atom is -0.478 e. The first-order chi connectivity index (χ1) is 18.8. The standard InChI is InChI=1S/C28H26Cl2FN3O5/c29-21-2-1-3-22(30)24(21)25-20(26(39-33-25)14-4-5-14)13-38-18-11-16-7-8-17(12-18)34(16)28(37)32-15-6-9-19(27(35)36)23(31)10-15/h1-3,6,9-10,14,16-18H,4-5,7-8,11-13H2,(H,32,37)(H,35,36). The number of amides is 2. The number of ether oxygens (including phenoxy) is 1. The number of rotatable bonds is 7. The average molecular weight is 574 g/mol. The van der Waals surface area contributed by atoms with E-state index in [1.54, 1.807) is 18.2 Å². The van der Waals surface area contributed by atoms with E-state index in [4.69, 9.17) is 37.6 Å². The van der Waals surface area contributed by atoms with Crippen molar-refractivity contribution in [2.75, 3.05) is 5.32 Å². The van der Waals surface area contributed by atoms with Gasteiger partial charge in [-0.05, 0) is 68.9 Å². The summed E-state index contributed by atoms with van der Waals surface area (Å²) in [6.45, 7) is 0.303. The van der Waals surface area contributed by atoms with Gasteiger partial charge in [0.25, 0.3) is 0 Å². The molecule has 3 aliphatic rings. The molecule has 8 nitrogen and oxygen atoms in total. The molecule has 2 aliphatic heterocycles. The van der Waals surface area contributed by atoms with Crippen molar-refractivity contribution in [2.24, 2.45) is 0 Å². The summed E-state index contributed by atoms with van der Waals surface area (Å²) in [7, 11) is 0. The molecule has 1 saturated carbocycles. The van der Waals surface area contributed by atoms with Gasteiger partial charge in [-0.2, -0.15) is 0 Å². The van der Waals surface area contributed by atoms with Crippen LogP contribution < -0.4 is 5.32 Å². The van der Waals surface area contributed by atoms with Gasteiger partial charge in [0.1, 0.15) is 17.3 Å². The van der Waals surface area contributed by atoms with Gasteiger partial charge in [0.05, 0.1) is 28.3 Å². The Hall–Kier alpha value is -3.14. The van der Waals surface area contributed by atoms with Crippen LogP contribution in [-0.2, 0) is 11.3 Å². The molecule has 0 radical (unpaired) electrons. The van der Waals surface area contributed by atoms with Gasteiger partial charge in [0, 0.05) is 34.8 Å². The highest BCUT2D eigenvalue weighted by atomic mass is 35.5. The third-order valence-electron chi connectivity index (χ3n) is 7.80. The third kappa shape index (κ3) is 5.11. The minimum atomic E-state index is -1.36. The monoisotopic (exact) mass is 573 g/mol. The molecule has 2 amide bonds. The highest BCUT2D eigenvalue weighted by Crippen LogP contribution is 2.46. The maximum absolute atomic E-state index is 14.1. The molecule has 2 aromatic carbocycles. The van der Waals surface area contributed by atoms with E-state index in [-0.39, 0.29) is 29.9 Å². The number of aromatic carboxylic acids is 1. The topological polar surface area (TPSA) is 105 Å². The quantitative estimate of drug-likeness (QED) is 0.312. The zero-order valence-corrected chi connectivity index (χ0v) is 22.3. The summed E-state index contributed by atoms with van der Waals surface area (Å²) in [6.07, 6.45) is 5.06. The third-order valence-corrected chi connectivity index (χ3v) is 8.43. The van der Waals surface area contributed by atoms with Crippen LogP contribution in [0.25, 0.3) is 11.3 Å². The zero-order chi connectivity index (χ0) is 27.3. The van der Waals surface area contributed by atoms with Crippen LogP contribution in [-0.4, -0.2) is 45.4 Å². The van der Waals surface area contributed by atoms with Gasteiger partial charge in [-0.25, -0.2) is 14.0 Å². The van der Waals surface area contributed by atoms with Crippen LogP contribution in [0.4, 0.5) is 14.9 Å². The average Bonchev–Trinajstić information content (AvgIpc) is 3.59. The molecule has 204 valence electrons. The molecule has 2 bridgehead atoms. The second kappa shape index (κ2) is 10.4. The number of halogens is 3. The molecule has 3 heterocycles. The second-order valence-electron chi connectivity index (χ2n) is 10.4. The first-order valence-electron chi connectivity index (χ1n) is 13.0. The maximum atomic E-state index is 14.1. The van der Waals surface area contributed by atoms with Crippen molar-refractivity contribution in [1.29, 1.82) is 0 Å². The van der Waals surface area contributed by atoms with Crippen molar-refractivity contribution in [3.05, 3.63) is 69.1 Å². The lowest BCUT2D eigenvalue weighted by Gasteiger charge is -2.38. The van der Waals surface area contributed by atoms with Gasteiger partial charge < -0.3 is 24.6 Å². The van der Waals surface area contributed by atoms with E-state index in [9.17, 15) is 14.0 Å². The molecule has 2 unspecified atom stereocenters. The summed E-state index contributed by atoms with van der Waals surface area (Å²) in [6, 6.07) is 8.53. The van der Waals surface area contributed by atoms with Crippen molar-refractivity contribution in [1.82, 2.24) is 10.1 Å². The largest absolute Gasteiger partial charge is 0.478 e. The van der Waals surface area contributed by atoms with Crippen LogP contribution in [0.5, 0.6) is 0 Å². The van der Waals surface area contributed by atoms with Crippen LogP contribution in [0.2, 0.25) is 10.0 Å². The molecule has 1 aromatic heterocycles. The number of piperidine rings is 1. The molecule has 2 atom stereocenters. The van der Waals surface area contributed by atoms with Crippen LogP contribution in [0, 0.1) is 5.82 Å². The number of nitrogens with one attached hydrogen (secondary N) is 1. The number of hydrogen-bond acceptors (Lipinski definition) is 5. The molecule has 3 aromatic rings. The highest BCUT2D eigenvalue weighted by molar-refractivity contribution is 6.39. The fourth-order valence-electron chi connectivity index (χ4n) is 5.80. The lowest BCUT2D eigenvalue weighted by Crippen LogP contribution is -2.50. The molecule has 6 rings (SSSR count). The first kappa shape index (κ1) is 26.1. The van der Waals surface area contributed by atoms with Crippen molar-refractivity contribution in [3.63, 3.8) is 0 Å². The number of benzene rings is 2. The van der Waals surface area contributed by atoms with Crippen LogP contribution in [0.3, 0.4) is 0 Å². The van der Waals surface area contributed by atoms with E-state index in [2.05, 4.69) is 10.5 Å². The Balaban J connectivity index is 1.14. The number of nitrogens with zero attached hydrogens (tertiary/aromatic N) is 2. The maximum Gasteiger partial charge on any atom is 0.338 e. The van der Waals surface area contributed by atoms with E-state index >= 15 is 0 Å². The number of carboxylic acids is 1. The summed E-state index contributed by atoms with van der Waals surface area (Å²) < 4.78 is 26.2. The number of carbonyl (C=O) groups excluding carboxylic acids is 1. The molecule has 1 aliphatic carbocycles. The lowest BCUT2D eigenvalue weighted by atomic mass is 9.99. The Morgan fingerprint density at radius 2 is 1.79 bits per heavy atom. The van der Waals surface area contributed by atoms with Gasteiger partial charge in [0.2, 0.25) is 0 Å². The SMILES string of the molecule is O=C(O)c1ccc(NC(=O)N2C3CCC2CC(OCc2c(-c4c(Cl)cccc4Cl)noc2C2CC2)C3)cc1F. The van der Waals surface area contributed by atoms with Crippen molar-refractivity contribution >= 4 is 40.9 Å². The number of aromatic nitrogens is 1. The number of urea groups is 1. The first-order valence-corrected chi connectivity index (χ1v) is 13.7. The molecular formula is C28H26Cl2FN3O5. The summed E-state index contributed by atoms with van der Waals surface area (Å²) in [5.41, 5.74) is 1.88. The second-order valence-corrected chi connectivity index (χ2v) is 11.2. The molecule has 2 N–H and O–H groups in total. The fourth-order valence-corrected chi connectivity index (χ4v) is 6.37. The van der Waals surface area contributed by atoms with Crippen LogP contribution in [0.15, 0.2) is 40.9 Å². The summed E-state index contributed by atoms with van der Waals surface area (Å²) in [5.74, 6) is -1.11. The van der Waals surface area contributed by atoms with E-state index < -0.39 is 17.3 Å². The fraction of sp³-hybridized carbons (Fsp3) is 0.393. The van der Waals surface area contributed by atoms with Gasteiger partial charge in [-0.1, -0.05) is 34.4 Å². The van der Waals surface area contributed by atoms with Gasteiger partial charge in [-0.3, -0.25) is 0 Å². The van der Waals surface area contributed by atoms with E-state index in [1.807, 2.05) is 4.90 Å². The van der Waals surface area contributed by atoms with Crippen LogP contribution in [0.1, 0.15) is 66.1 Å². The summed E-state index contributed by atoms with van der Waals surface area (Å²) in [4.78, 5) is 26.0. The van der Waals surface area contributed by atoms with Crippen molar-refractivity contribution < 1.29 is 28.3 Å². The molecular weight excluding hydrogens is 548 g/mol. The summed E-state index contributed by atoms with van der Waals surface area (Å²) in [5, 5.41) is 17.1. The Morgan fingerprint density at radius 3 is 2.41 bits per heavy atom. The molecule has 11 heteroatoms. The Morgan fingerprint density at radius 1 is 1.10 bits per heavy atom. The molecule has 39 heavy (non-hydrogen) atoms. The smallest absolute Gasteiger partial charge is 0.338 e. The molecule has 2 saturated heterocycles. The van der Waals surface area contributed by atoms with E-state index in [0.717, 1.165) is 49.1 Å². The van der Waals surface area contributed by atoms with Crippen molar-refractivity contribution in [2.45, 2.75) is 69.2 Å². The normalized spacial score (nSPS) is 22.2. The number of fused-ring (bicyclic) bond motifs is 2. The predicted octanol–water partition coefficient (Wildman–Crippen LogP) is 7.11. The van der Waals surface area contributed by atoms with Gasteiger partial charge >= 0.3 is 12.0 Å². The van der Waals surface area contributed by atoms with E-state index in [1.165, 1.54) is 6.07 Å². The predicted molar refractivity (Wildman–Crippen MR) is 143 cm³/mol. The number of hydrogen-bond donors (Lipinski definition) is 2.